The van der Waals surface area contributed by atoms with Gasteiger partial charge in [0.1, 0.15) is 0 Å². The van der Waals surface area contributed by atoms with Crippen LogP contribution in [0.15, 0.2) is 66.9 Å². The van der Waals surface area contributed by atoms with Crippen molar-refractivity contribution in [1.82, 2.24) is 0 Å². The normalized spacial score (nSPS) is 20.3. The van der Waals surface area contributed by atoms with Gasteiger partial charge in [-0.05, 0) is 0 Å². The van der Waals surface area contributed by atoms with Crippen molar-refractivity contribution < 1.29 is 62.1 Å². The second-order valence-corrected chi connectivity index (χ2v) is 14.1. The monoisotopic (exact) mass is 795 g/mol. The fourth-order valence-electron chi connectivity index (χ4n) is 4.65. The Morgan fingerprint density at radius 2 is 0.529 bits per heavy atom. The molecule has 51 heavy (non-hydrogen) atoms. The van der Waals surface area contributed by atoms with E-state index in [1.54, 1.807) is 0 Å². The van der Waals surface area contributed by atoms with Crippen LogP contribution in [0.1, 0.15) is 118 Å². The van der Waals surface area contributed by atoms with Crippen LogP contribution in [0.3, 0.4) is 0 Å². The molecule has 4 rings (SSSR count). The van der Waals surface area contributed by atoms with E-state index >= 15 is 0 Å². The zero-order chi connectivity index (χ0) is 41.5. The molecule has 4 atom stereocenters. The van der Waals surface area contributed by atoms with Crippen molar-refractivity contribution in [3.05, 3.63) is 91.2 Å². The Hall–Kier alpha value is -0.725. The smallest absolute Gasteiger partial charge is 0.0743 e. The summed E-state index contributed by atoms with van der Waals surface area (Å²) in [6.45, 7) is 41.1. The van der Waals surface area contributed by atoms with Gasteiger partial charge in [0, 0.05) is 38.0 Å². The molecular formula is C44H79O4SiTi2. The van der Waals surface area contributed by atoms with Gasteiger partial charge < -0.3 is 20.4 Å². The van der Waals surface area contributed by atoms with E-state index in [2.05, 4.69) is 148 Å². The predicted octanol–water partition coefficient (Wildman–Crippen LogP) is 10.2. The molecule has 0 saturated heterocycles. The van der Waals surface area contributed by atoms with E-state index in [0.717, 1.165) is 38.0 Å². The van der Waals surface area contributed by atoms with Crippen LogP contribution in [-0.2, 0) is 41.7 Å². The molecule has 0 saturated carbocycles. The van der Waals surface area contributed by atoms with Gasteiger partial charge in [-0.3, -0.25) is 24.3 Å². The molecule has 291 valence electrons. The van der Waals surface area contributed by atoms with E-state index in [4.69, 9.17) is 20.4 Å². The zero-order valence-electron chi connectivity index (χ0n) is 37.3. The molecule has 0 fully saturated rings. The van der Waals surface area contributed by atoms with Gasteiger partial charge >= 0.3 is 52.9 Å². The van der Waals surface area contributed by atoms with Gasteiger partial charge in [0.15, 0.2) is 0 Å². The van der Waals surface area contributed by atoms with Crippen molar-refractivity contribution in [2.45, 2.75) is 131 Å². The van der Waals surface area contributed by atoms with Gasteiger partial charge in [-0.1, -0.05) is 120 Å². The summed E-state index contributed by atoms with van der Waals surface area (Å²) in [5, 5.41) is 28.0. The van der Waals surface area contributed by atoms with Gasteiger partial charge in [0.05, 0.1) is 0 Å². The Morgan fingerprint density at radius 1 is 0.431 bits per heavy atom. The van der Waals surface area contributed by atoms with Gasteiger partial charge in [0.25, 0.3) is 0 Å². The molecule has 0 aromatic rings. The number of hydrogen-bond acceptors (Lipinski definition) is 4. The third kappa shape index (κ3) is 27.5. The molecule has 0 aromatic heterocycles. The molecule has 1 radical (unpaired) electrons. The third-order valence-corrected chi connectivity index (χ3v) is 8.95. The first-order valence-electron chi connectivity index (χ1n) is 17.4. The van der Waals surface area contributed by atoms with Crippen LogP contribution in [0, 0.1) is 48.0 Å². The van der Waals surface area contributed by atoms with E-state index in [9.17, 15) is 0 Å². The minimum atomic E-state index is 0. The summed E-state index contributed by atoms with van der Waals surface area (Å²) >= 11 is 2.00. The molecule has 4 aliphatic rings. The van der Waals surface area contributed by atoms with Crippen LogP contribution in [0.2, 0.25) is 13.1 Å². The van der Waals surface area contributed by atoms with Crippen LogP contribution in [0.25, 0.3) is 0 Å². The van der Waals surface area contributed by atoms with Crippen LogP contribution in [0.5, 0.6) is 0 Å². The molecule has 4 nitrogen and oxygen atoms in total. The topological polar surface area (TPSA) is 80.9 Å². The van der Waals surface area contributed by atoms with E-state index in [0.29, 0.717) is 23.7 Å². The van der Waals surface area contributed by atoms with Crippen molar-refractivity contribution in [3.63, 3.8) is 0 Å². The first kappa shape index (κ1) is 65.2. The molecule has 0 aromatic carbocycles. The molecule has 7 heteroatoms. The summed E-state index contributed by atoms with van der Waals surface area (Å²) < 4.78 is 2.00. The first-order chi connectivity index (χ1) is 23.3. The van der Waals surface area contributed by atoms with E-state index in [1.165, 1.54) is 66.9 Å². The van der Waals surface area contributed by atoms with E-state index in [-0.39, 0.29) is 21.7 Å². The molecule has 0 heterocycles. The van der Waals surface area contributed by atoms with Crippen molar-refractivity contribution in [3.8, 4) is 0 Å². The maximum absolute atomic E-state index is 7.00. The van der Waals surface area contributed by atoms with Gasteiger partial charge in [-0.2, -0.15) is 44.6 Å². The molecule has 4 N–H and O–H groups in total. The summed E-state index contributed by atoms with van der Waals surface area (Å²) in [7, 11) is 4.75. The minimum absolute atomic E-state index is 0. The van der Waals surface area contributed by atoms with Crippen molar-refractivity contribution >= 4 is 13.8 Å². The van der Waals surface area contributed by atoms with Crippen LogP contribution >= 0.6 is 0 Å². The van der Waals surface area contributed by atoms with Crippen molar-refractivity contribution in [2.24, 2.45) is 23.7 Å². The van der Waals surface area contributed by atoms with Gasteiger partial charge in [-0.15, -0.1) is 27.7 Å². The molecule has 4 aliphatic carbocycles. The summed E-state index contributed by atoms with van der Waals surface area (Å²) in [5.41, 5.74) is 17.0. The number of aliphatic hydroxyl groups excluding tert-OH is 4. The average Bonchev–Trinajstić information content (AvgIpc) is 3.66. The molecule has 0 bridgehead atoms. The SMILES string of the molecule is CC1=[C-]C(C)C(C)=C1C.CC1=[C-]C(C)C(C)=C1C.CC1=[C-]C(C)C(C)=C1C.CC1=[C-]C(C)C(C)=C1C.CO.CO.CO.CO.C[CH]=[Ti+2].C[SiH]C.[Ti+2]. The standard InChI is InChI=1S/4C9H13.C2H7Si.C2H4.4CH4O.2Ti/c4*1-6-5-7(2)9(4)8(6)3;1-3-2;5*1-2;;/h4*6H,1-4H3;3H,1-2H3;1H,2H3;4*2H,1H3;;/q4*-1;;;;;;;2*+2. The van der Waals surface area contributed by atoms with Crippen molar-refractivity contribution in [2.75, 3.05) is 28.4 Å². The summed E-state index contributed by atoms with van der Waals surface area (Å²) in [5.74, 6) is 2.24. The second kappa shape index (κ2) is 40.5. The van der Waals surface area contributed by atoms with Crippen LogP contribution in [-0.4, -0.2) is 62.7 Å². The Kier molecular flexibility index (Phi) is 51.7. The largest absolute Gasteiger partial charge is 2.00 e. The Balaban J connectivity index is -0.0000000899. The van der Waals surface area contributed by atoms with Crippen LogP contribution in [0.4, 0.5) is 0 Å². The zero-order valence-corrected chi connectivity index (χ0v) is 41.5. The van der Waals surface area contributed by atoms with Crippen molar-refractivity contribution in [1.29, 1.82) is 0 Å². The number of rotatable bonds is 0. The molecular weight excluding hydrogens is 716 g/mol. The van der Waals surface area contributed by atoms with E-state index < -0.39 is 0 Å². The minimum Gasteiger partial charge on any atom is -0.0743 e. The predicted molar refractivity (Wildman–Crippen MR) is 223 cm³/mol. The maximum atomic E-state index is 7.00. The summed E-state index contributed by atoms with van der Waals surface area (Å²) in [4.78, 5) is 0. The summed E-state index contributed by atoms with van der Waals surface area (Å²) in [6.07, 6.45) is 13.4. The van der Waals surface area contributed by atoms with Crippen LogP contribution < -0.4 is 0 Å². The molecule has 0 spiro atoms. The second-order valence-electron chi connectivity index (χ2n) is 12.1. The fourth-order valence-corrected chi connectivity index (χ4v) is 4.65. The number of aliphatic hydroxyl groups is 4. The Labute approximate surface area is 347 Å². The fraction of sp³-hybridized carbons (Fsp3) is 0.614. The number of hydrogen-bond donors (Lipinski definition) is 4. The average molecular weight is 796 g/mol. The Bertz CT molecular complexity index is 1010. The quantitative estimate of drug-likeness (QED) is 0.145. The van der Waals surface area contributed by atoms with Gasteiger partial charge in [0.2, 0.25) is 0 Å². The molecule has 0 aliphatic heterocycles. The molecule has 4 unspecified atom stereocenters. The maximum Gasteiger partial charge on any atom is 2.00 e. The molecule has 0 amide bonds. The number of allylic oxidation sites excluding steroid dienone is 16. The first-order valence-corrected chi connectivity index (χ1v) is 20.6. The van der Waals surface area contributed by atoms with E-state index in [1.807, 2.05) is 31.2 Å². The Morgan fingerprint density at radius 3 is 0.549 bits per heavy atom. The van der Waals surface area contributed by atoms with Gasteiger partial charge in [-0.25, -0.2) is 22.3 Å². The third-order valence-electron chi connectivity index (χ3n) is 8.95. The summed E-state index contributed by atoms with van der Waals surface area (Å²) in [6, 6.07) is 0.